The van der Waals surface area contributed by atoms with Crippen LogP contribution in [0.15, 0.2) is 30.6 Å². The zero-order chi connectivity index (χ0) is 24.9. The lowest BCUT2D eigenvalue weighted by Gasteiger charge is -2.26. The topological polar surface area (TPSA) is 78.0 Å². The molecule has 1 aliphatic heterocycles. The van der Waals surface area contributed by atoms with Gasteiger partial charge in [0.25, 0.3) is 0 Å². The molecule has 8 nitrogen and oxygen atoms in total. The maximum atomic E-state index is 6.46. The Morgan fingerprint density at radius 3 is 2.58 bits per heavy atom. The van der Waals surface area contributed by atoms with Crippen molar-refractivity contribution in [3.8, 4) is 17.4 Å². The van der Waals surface area contributed by atoms with E-state index in [0.717, 1.165) is 69.6 Å². The number of benzene rings is 1. The molecular weight excluding hydrogens is 503 g/mol. The molecule has 1 N–H and O–H groups in total. The molecule has 192 valence electrons. The molecule has 2 aromatic heterocycles. The van der Waals surface area contributed by atoms with Gasteiger partial charge in [-0.15, -0.1) is 0 Å². The molecule has 1 aromatic carbocycles. The smallest absolute Gasteiger partial charge is 0.216 e. The third-order valence-corrected chi connectivity index (χ3v) is 7.13. The van der Waals surface area contributed by atoms with E-state index in [4.69, 9.17) is 47.1 Å². The van der Waals surface area contributed by atoms with E-state index in [0.29, 0.717) is 45.2 Å². The van der Waals surface area contributed by atoms with Gasteiger partial charge in [-0.1, -0.05) is 23.2 Å². The van der Waals surface area contributed by atoms with Crippen LogP contribution in [0.1, 0.15) is 25.7 Å². The number of nitrogens with one attached hydrogen (secondary N) is 1. The molecule has 1 saturated heterocycles. The van der Waals surface area contributed by atoms with E-state index in [-0.39, 0.29) is 6.10 Å². The summed E-state index contributed by atoms with van der Waals surface area (Å²) < 4.78 is 23.7. The molecule has 5 rings (SSSR count). The number of fused-ring (bicyclic) bond motifs is 1. The van der Waals surface area contributed by atoms with Crippen molar-refractivity contribution in [2.45, 2.75) is 31.8 Å². The summed E-state index contributed by atoms with van der Waals surface area (Å²) in [4.78, 5) is 11.2. The second-order valence-electron chi connectivity index (χ2n) is 8.93. The van der Waals surface area contributed by atoms with Crippen molar-refractivity contribution in [1.82, 2.24) is 14.9 Å². The fraction of sp³-hybridized carbons (Fsp3) is 0.462. The van der Waals surface area contributed by atoms with E-state index in [2.05, 4.69) is 15.2 Å². The van der Waals surface area contributed by atoms with Gasteiger partial charge in [0, 0.05) is 43.5 Å². The predicted molar refractivity (Wildman–Crippen MR) is 141 cm³/mol. The van der Waals surface area contributed by atoms with Crippen LogP contribution >= 0.6 is 23.2 Å². The summed E-state index contributed by atoms with van der Waals surface area (Å²) >= 11 is 12.8. The maximum absolute atomic E-state index is 6.46. The SMILES string of the molecule is COc1ccc2c(Nc3c(Cl)cncc3Cl)cc(OCCN3CCOCC3)nc2c1OC1CCCC1. The minimum atomic E-state index is 0.137. The summed E-state index contributed by atoms with van der Waals surface area (Å²) in [7, 11) is 1.64. The average Bonchev–Trinajstić information content (AvgIpc) is 3.40. The molecule has 0 spiro atoms. The Balaban J connectivity index is 1.52. The van der Waals surface area contributed by atoms with E-state index in [1.54, 1.807) is 19.5 Å². The molecule has 0 unspecified atom stereocenters. The molecule has 0 atom stereocenters. The summed E-state index contributed by atoms with van der Waals surface area (Å²) in [5.41, 5.74) is 1.97. The molecule has 3 aromatic rings. The summed E-state index contributed by atoms with van der Waals surface area (Å²) in [5.74, 6) is 1.73. The van der Waals surface area contributed by atoms with Crippen LogP contribution in [0.25, 0.3) is 10.9 Å². The van der Waals surface area contributed by atoms with E-state index in [1.165, 1.54) is 0 Å². The van der Waals surface area contributed by atoms with Gasteiger partial charge >= 0.3 is 0 Å². The van der Waals surface area contributed by atoms with Crippen molar-refractivity contribution in [3.05, 3.63) is 40.6 Å². The number of halogens is 2. The summed E-state index contributed by atoms with van der Waals surface area (Å²) in [6, 6.07) is 5.71. The van der Waals surface area contributed by atoms with E-state index >= 15 is 0 Å². The summed E-state index contributed by atoms with van der Waals surface area (Å²) in [6.07, 6.45) is 7.59. The van der Waals surface area contributed by atoms with Crippen LogP contribution in [0.2, 0.25) is 10.0 Å². The first-order chi connectivity index (χ1) is 17.6. The Hall–Kier alpha value is -2.52. The molecule has 2 aliphatic rings. The lowest BCUT2D eigenvalue weighted by atomic mass is 10.1. The van der Waals surface area contributed by atoms with Crippen molar-refractivity contribution in [1.29, 1.82) is 0 Å². The van der Waals surface area contributed by atoms with Crippen LogP contribution in [0.5, 0.6) is 17.4 Å². The molecule has 10 heteroatoms. The molecular formula is C26H30Cl2N4O4. The van der Waals surface area contributed by atoms with Gasteiger partial charge in [0.2, 0.25) is 5.88 Å². The van der Waals surface area contributed by atoms with Gasteiger partial charge in [-0.05, 0) is 37.8 Å². The largest absolute Gasteiger partial charge is 0.493 e. The number of nitrogens with zero attached hydrogens (tertiary/aromatic N) is 3. The maximum Gasteiger partial charge on any atom is 0.216 e. The minimum absolute atomic E-state index is 0.137. The van der Waals surface area contributed by atoms with Crippen molar-refractivity contribution in [3.63, 3.8) is 0 Å². The number of hydrogen-bond donors (Lipinski definition) is 1. The Morgan fingerprint density at radius 1 is 1.11 bits per heavy atom. The summed E-state index contributed by atoms with van der Waals surface area (Å²) in [6.45, 7) is 4.58. The Kier molecular flexibility index (Phi) is 8.16. The van der Waals surface area contributed by atoms with Gasteiger partial charge in [0.05, 0.1) is 47.8 Å². The van der Waals surface area contributed by atoms with E-state index in [9.17, 15) is 0 Å². The molecule has 1 aliphatic carbocycles. The fourth-order valence-corrected chi connectivity index (χ4v) is 5.08. The number of rotatable bonds is 9. The number of aromatic nitrogens is 2. The quantitative estimate of drug-likeness (QED) is 0.374. The Bertz CT molecular complexity index is 1180. The van der Waals surface area contributed by atoms with Crippen molar-refractivity contribution in [2.75, 3.05) is 51.9 Å². The highest BCUT2D eigenvalue weighted by Gasteiger charge is 2.23. The lowest BCUT2D eigenvalue weighted by molar-refractivity contribution is 0.0320. The third-order valence-electron chi connectivity index (χ3n) is 6.56. The first kappa shape index (κ1) is 25.1. The van der Waals surface area contributed by atoms with Gasteiger partial charge < -0.3 is 24.3 Å². The van der Waals surface area contributed by atoms with Crippen LogP contribution in [0.4, 0.5) is 11.4 Å². The highest BCUT2D eigenvalue weighted by atomic mass is 35.5. The van der Waals surface area contributed by atoms with Crippen LogP contribution in [-0.4, -0.2) is 67.5 Å². The second kappa shape index (κ2) is 11.7. The Labute approximate surface area is 220 Å². The summed E-state index contributed by atoms with van der Waals surface area (Å²) in [5, 5.41) is 5.05. The van der Waals surface area contributed by atoms with Crippen molar-refractivity contribution < 1.29 is 18.9 Å². The minimum Gasteiger partial charge on any atom is -0.493 e. The van der Waals surface area contributed by atoms with Gasteiger partial charge in [-0.3, -0.25) is 9.88 Å². The normalized spacial score (nSPS) is 16.9. The highest BCUT2D eigenvalue weighted by Crippen LogP contribution is 2.42. The van der Waals surface area contributed by atoms with E-state index < -0.39 is 0 Å². The third kappa shape index (κ3) is 5.72. The number of anilines is 2. The molecule has 0 amide bonds. The molecule has 1 saturated carbocycles. The lowest BCUT2D eigenvalue weighted by Crippen LogP contribution is -2.38. The van der Waals surface area contributed by atoms with Crippen molar-refractivity contribution in [2.24, 2.45) is 0 Å². The first-order valence-corrected chi connectivity index (χ1v) is 13.1. The average molecular weight is 533 g/mol. The predicted octanol–water partition coefficient (Wildman–Crippen LogP) is 5.72. The number of ether oxygens (including phenoxy) is 4. The fourth-order valence-electron chi connectivity index (χ4n) is 4.62. The molecule has 0 bridgehead atoms. The van der Waals surface area contributed by atoms with Gasteiger partial charge in [-0.2, -0.15) is 0 Å². The van der Waals surface area contributed by atoms with Gasteiger partial charge in [-0.25, -0.2) is 4.98 Å². The van der Waals surface area contributed by atoms with Crippen molar-refractivity contribution >= 4 is 45.5 Å². The standard InChI is InChI=1S/C26H30Cl2N4O4/c1-33-22-7-6-18-21(30-25-19(27)15-29-16-20(25)28)14-23(35-13-10-32-8-11-34-12-9-32)31-24(18)26(22)36-17-4-2-3-5-17/h6-7,14-17H,2-5,8-13H2,1H3,(H,29,30,31). The first-order valence-electron chi connectivity index (χ1n) is 12.3. The molecule has 0 radical (unpaired) electrons. The number of morpholine rings is 1. The molecule has 2 fully saturated rings. The van der Waals surface area contributed by atoms with Crippen LogP contribution in [0, 0.1) is 0 Å². The number of hydrogen-bond acceptors (Lipinski definition) is 8. The highest BCUT2D eigenvalue weighted by molar-refractivity contribution is 6.39. The Morgan fingerprint density at radius 2 is 1.86 bits per heavy atom. The van der Waals surface area contributed by atoms with Gasteiger partial charge in [0.15, 0.2) is 11.5 Å². The molecule has 3 heterocycles. The van der Waals surface area contributed by atoms with Gasteiger partial charge in [0.1, 0.15) is 12.1 Å². The van der Waals surface area contributed by atoms with Crippen LogP contribution in [-0.2, 0) is 4.74 Å². The second-order valence-corrected chi connectivity index (χ2v) is 9.75. The van der Waals surface area contributed by atoms with Crippen LogP contribution < -0.4 is 19.5 Å². The molecule has 36 heavy (non-hydrogen) atoms. The van der Waals surface area contributed by atoms with E-state index in [1.807, 2.05) is 18.2 Å². The monoisotopic (exact) mass is 532 g/mol. The number of pyridine rings is 2. The zero-order valence-corrected chi connectivity index (χ0v) is 21.8. The zero-order valence-electron chi connectivity index (χ0n) is 20.3. The van der Waals surface area contributed by atoms with Crippen LogP contribution in [0.3, 0.4) is 0 Å². The number of methoxy groups -OCH3 is 1.